The topological polar surface area (TPSA) is 74.8 Å². The summed E-state index contributed by atoms with van der Waals surface area (Å²) in [5.74, 6) is -1.02. The van der Waals surface area contributed by atoms with Crippen molar-refractivity contribution in [2.75, 3.05) is 57.0 Å². The van der Waals surface area contributed by atoms with Gasteiger partial charge >= 0.3 is 5.97 Å². The lowest BCUT2D eigenvalue weighted by Crippen LogP contribution is -2.61. The monoisotopic (exact) mass is 694 g/mol. The van der Waals surface area contributed by atoms with Crippen LogP contribution in [0.2, 0.25) is 10.0 Å². The van der Waals surface area contributed by atoms with Crippen molar-refractivity contribution in [3.8, 4) is 16.9 Å². The van der Waals surface area contributed by atoms with E-state index in [1.165, 1.54) is 19.6 Å². The van der Waals surface area contributed by atoms with Gasteiger partial charge in [0.05, 0.1) is 65.8 Å². The van der Waals surface area contributed by atoms with Crippen LogP contribution in [0.1, 0.15) is 52.0 Å². The molecule has 3 aromatic rings. The quantitative estimate of drug-likeness (QED) is 0.291. The Morgan fingerprint density at radius 2 is 1.62 bits per heavy atom. The third-order valence-electron chi connectivity index (χ3n) is 10.8. The second kappa shape index (κ2) is 12.4. The third kappa shape index (κ3) is 5.28. The maximum Gasteiger partial charge on any atom is 0.340 e. The Kier molecular flexibility index (Phi) is 8.18. The molecule has 5 saturated heterocycles. The first-order valence-electron chi connectivity index (χ1n) is 16.5. The first-order chi connectivity index (χ1) is 23.2. The highest BCUT2D eigenvalue weighted by atomic mass is 35.5. The number of para-hydroxylation sites is 1. The van der Waals surface area contributed by atoms with Gasteiger partial charge in [-0.3, -0.25) is 9.69 Å². The SMILES string of the molecule is COC(=O)c1cc(F)c(-c2cccc3c2OCN(C(=O)c2c(Cl)cc(N4C[C@@H]5CC[C@@H]4CN5C)cc2Cl)C3)cc1N1C2CCC1COC2. The normalized spacial score (nSPS) is 24.8. The predicted octanol–water partition coefficient (Wildman–Crippen LogP) is 6.23. The molecule has 0 N–H and O–H groups in total. The van der Waals surface area contributed by atoms with Gasteiger partial charge in [0.25, 0.3) is 5.91 Å². The molecule has 9 nitrogen and oxygen atoms in total. The number of carbonyl (C=O) groups is 2. The van der Waals surface area contributed by atoms with Crippen molar-refractivity contribution in [1.82, 2.24) is 9.80 Å². The van der Waals surface area contributed by atoms with Gasteiger partial charge < -0.3 is 28.9 Å². The van der Waals surface area contributed by atoms with Gasteiger partial charge in [0, 0.05) is 47.6 Å². The van der Waals surface area contributed by atoms with Crippen molar-refractivity contribution >= 4 is 46.5 Å². The van der Waals surface area contributed by atoms with Crippen LogP contribution in [-0.2, 0) is 16.0 Å². The number of fused-ring (bicyclic) bond motifs is 6. The first kappa shape index (κ1) is 31.7. The molecule has 6 heterocycles. The van der Waals surface area contributed by atoms with Gasteiger partial charge in [0.15, 0.2) is 6.73 Å². The lowest BCUT2D eigenvalue weighted by molar-refractivity contribution is 0.0515. The summed E-state index contributed by atoms with van der Waals surface area (Å²) in [6.07, 6.45) is 4.15. The highest BCUT2D eigenvalue weighted by molar-refractivity contribution is 6.40. The molecule has 0 aromatic heterocycles. The molecule has 0 spiro atoms. The molecule has 1 amide bonds. The minimum absolute atomic E-state index is 0.0677. The number of halogens is 3. The summed E-state index contributed by atoms with van der Waals surface area (Å²) in [4.78, 5) is 35.2. The predicted molar refractivity (Wildman–Crippen MR) is 182 cm³/mol. The summed E-state index contributed by atoms with van der Waals surface area (Å²) < 4.78 is 32.9. The second-order valence-corrected chi connectivity index (χ2v) is 14.3. The summed E-state index contributed by atoms with van der Waals surface area (Å²) in [5, 5.41) is 0.600. The molecule has 5 fully saturated rings. The molecule has 4 bridgehead atoms. The number of piperidine rings is 2. The number of nitrogens with zero attached hydrogens (tertiary/aromatic N) is 4. The van der Waals surface area contributed by atoms with Crippen LogP contribution >= 0.6 is 23.2 Å². The van der Waals surface area contributed by atoms with Crippen LogP contribution in [-0.4, -0.2) is 93.0 Å². The van der Waals surface area contributed by atoms with Crippen molar-refractivity contribution < 1.29 is 28.2 Å². The first-order valence-corrected chi connectivity index (χ1v) is 17.3. The van der Waals surface area contributed by atoms with Crippen LogP contribution in [0.15, 0.2) is 42.5 Å². The Morgan fingerprint density at radius 1 is 0.917 bits per heavy atom. The van der Waals surface area contributed by atoms with Crippen molar-refractivity contribution in [1.29, 1.82) is 0 Å². The zero-order valence-electron chi connectivity index (χ0n) is 26.9. The van der Waals surface area contributed by atoms with Gasteiger partial charge in [0.1, 0.15) is 11.6 Å². The fraction of sp³-hybridized carbons (Fsp3) is 0.444. The highest BCUT2D eigenvalue weighted by Gasteiger charge is 2.41. The standard InChI is InChI=1S/C36H37Cl2FN4O5/c1-40-15-22-7-6-21(40)16-42(22)25-10-29(37)33(30(38)11-25)35(44)41-14-20-4-3-5-26(34(20)48-19-41)27-13-32(28(12-31(27)39)36(45)46-2)43-23-8-9-24(43)18-47-17-23/h3-5,10-13,21-24H,6-9,14-19H2,1-2H3/t21-,22+,23?,24?/m0/s1. The van der Waals surface area contributed by atoms with E-state index in [-0.39, 0.29) is 42.4 Å². The van der Waals surface area contributed by atoms with Crippen LogP contribution in [0.3, 0.4) is 0 Å². The minimum Gasteiger partial charge on any atom is -0.472 e. The number of benzene rings is 3. The van der Waals surface area contributed by atoms with Gasteiger partial charge in [-0.1, -0.05) is 41.4 Å². The summed E-state index contributed by atoms with van der Waals surface area (Å²) in [5.41, 5.74) is 3.53. The van der Waals surface area contributed by atoms with Crippen molar-refractivity contribution in [2.24, 2.45) is 0 Å². The molecule has 252 valence electrons. The van der Waals surface area contributed by atoms with Crippen LogP contribution in [0.25, 0.3) is 11.1 Å². The third-order valence-corrected chi connectivity index (χ3v) is 11.4. The molecule has 0 saturated carbocycles. The molecule has 6 aliphatic heterocycles. The number of methoxy groups -OCH3 is 1. The van der Waals surface area contributed by atoms with E-state index < -0.39 is 11.8 Å². The molecule has 2 unspecified atom stereocenters. The number of amides is 1. The minimum atomic E-state index is -0.594. The van der Waals surface area contributed by atoms with Crippen LogP contribution < -0.4 is 14.5 Å². The molecule has 12 heteroatoms. The summed E-state index contributed by atoms with van der Waals surface area (Å²) in [7, 11) is 3.46. The fourth-order valence-corrected chi connectivity index (χ4v) is 8.97. The van der Waals surface area contributed by atoms with E-state index in [4.69, 9.17) is 37.4 Å². The maximum atomic E-state index is 15.9. The maximum absolute atomic E-state index is 15.9. The van der Waals surface area contributed by atoms with Crippen LogP contribution in [0, 0.1) is 5.82 Å². The Bertz CT molecular complexity index is 1770. The zero-order valence-corrected chi connectivity index (χ0v) is 28.4. The van der Waals surface area contributed by atoms with Gasteiger partial charge in [-0.05, 0) is 57.0 Å². The summed E-state index contributed by atoms with van der Waals surface area (Å²) in [6.45, 7) is 3.14. The van der Waals surface area contributed by atoms with Crippen molar-refractivity contribution in [3.63, 3.8) is 0 Å². The van der Waals surface area contributed by atoms with E-state index in [2.05, 4.69) is 21.7 Å². The number of ether oxygens (including phenoxy) is 3. The number of esters is 1. The second-order valence-electron chi connectivity index (χ2n) is 13.5. The summed E-state index contributed by atoms with van der Waals surface area (Å²) in [6, 6.07) is 13.2. The van der Waals surface area contributed by atoms with E-state index in [1.54, 1.807) is 17.0 Å². The molecule has 3 aromatic carbocycles. The van der Waals surface area contributed by atoms with Crippen LogP contribution in [0.4, 0.5) is 15.8 Å². The number of carbonyl (C=O) groups excluding carboxylic acids is 2. The molecule has 6 aliphatic rings. The number of hydrogen-bond acceptors (Lipinski definition) is 8. The smallest absolute Gasteiger partial charge is 0.340 e. The largest absolute Gasteiger partial charge is 0.472 e. The fourth-order valence-electron chi connectivity index (χ4n) is 8.34. The van der Waals surface area contributed by atoms with Crippen molar-refractivity contribution in [2.45, 2.75) is 56.4 Å². The van der Waals surface area contributed by atoms with E-state index >= 15 is 4.39 Å². The number of morpholine rings is 1. The van der Waals surface area contributed by atoms with Crippen LogP contribution in [0.5, 0.6) is 5.75 Å². The van der Waals surface area contributed by atoms with Gasteiger partial charge in [-0.25, -0.2) is 9.18 Å². The molecular weight excluding hydrogens is 658 g/mol. The Morgan fingerprint density at radius 3 is 2.29 bits per heavy atom. The van der Waals surface area contributed by atoms with E-state index in [0.29, 0.717) is 63.5 Å². The van der Waals surface area contributed by atoms with E-state index in [9.17, 15) is 9.59 Å². The number of rotatable bonds is 5. The lowest BCUT2D eigenvalue weighted by Gasteiger charge is -2.51. The number of anilines is 2. The van der Waals surface area contributed by atoms with Crippen molar-refractivity contribution in [3.05, 3.63) is 75.0 Å². The Balaban J connectivity index is 1.08. The lowest BCUT2D eigenvalue weighted by atomic mass is 9.90. The average molecular weight is 696 g/mol. The molecule has 48 heavy (non-hydrogen) atoms. The highest BCUT2D eigenvalue weighted by Crippen LogP contribution is 2.44. The van der Waals surface area contributed by atoms with Gasteiger partial charge in [-0.2, -0.15) is 0 Å². The average Bonchev–Trinajstić information content (AvgIpc) is 3.33. The Labute approximate surface area is 289 Å². The number of piperazine rings is 1. The molecule has 4 atom stereocenters. The Hall–Kier alpha value is -3.57. The molecule has 9 rings (SSSR count). The van der Waals surface area contributed by atoms with Gasteiger partial charge in [-0.15, -0.1) is 0 Å². The molecule has 0 aliphatic carbocycles. The summed E-state index contributed by atoms with van der Waals surface area (Å²) >= 11 is 13.5. The molecule has 0 radical (unpaired) electrons. The van der Waals surface area contributed by atoms with E-state index in [1.807, 2.05) is 24.3 Å². The number of hydrogen-bond donors (Lipinski definition) is 0. The zero-order chi connectivity index (χ0) is 33.3. The number of likely N-dealkylation sites (N-methyl/N-ethyl adjacent to an activating group) is 1. The van der Waals surface area contributed by atoms with Gasteiger partial charge in [0.2, 0.25) is 0 Å². The van der Waals surface area contributed by atoms with E-state index in [0.717, 1.165) is 38.0 Å². The molecular formula is C36H37Cl2FN4O5.